The van der Waals surface area contributed by atoms with Gasteiger partial charge in [0, 0.05) is 13.6 Å². The van der Waals surface area contributed by atoms with Crippen LogP contribution >= 0.6 is 0 Å². The van der Waals surface area contributed by atoms with Gasteiger partial charge in [-0.3, -0.25) is 0 Å². The van der Waals surface area contributed by atoms with Gasteiger partial charge in [-0.2, -0.15) is 5.26 Å². The highest BCUT2D eigenvalue weighted by Gasteiger charge is 2.26. The number of aryl methyl sites for hydroxylation is 1. The van der Waals surface area contributed by atoms with Crippen molar-refractivity contribution in [2.45, 2.75) is 43.9 Å². The molecule has 1 aromatic carbocycles. The molecule has 0 radical (unpaired) electrons. The molecule has 1 aliphatic carbocycles. The Morgan fingerprint density at radius 1 is 1.29 bits per heavy atom. The molecular formula is C16H22N2O2S. The molecule has 0 aromatic heterocycles. The SMILES string of the molecule is Cc1ccc(C#N)cc1S(=O)(=O)N(C)CC1CCCCC1. The van der Waals surface area contributed by atoms with Crippen molar-refractivity contribution in [3.8, 4) is 6.07 Å². The third-order valence-electron chi connectivity index (χ3n) is 4.25. The van der Waals surface area contributed by atoms with Crippen LogP contribution in [0.2, 0.25) is 0 Å². The monoisotopic (exact) mass is 306 g/mol. The Morgan fingerprint density at radius 3 is 2.57 bits per heavy atom. The Balaban J connectivity index is 2.22. The molecule has 2 rings (SSSR count). The van der Waals surface area contributed by atoms with Crippen LogP contribution in [0.1, 0.15) is 43.2 Å². The fraction of sp³-hybridized carbons (Fsp3) is 0.562. The summed E-state index contributed by atoms with van der Waals surface area (Å²) in [4.78, 5) is 0.250. The van der Waals surface area contributed by atoms with E-state index in [1.165, 1.54) is 29.6 Å². The average molecular weight is 306 g/mol. The number of nitriles is 1. The maximum absolute atomic E-state index is 12.7. The normalized spacial score (nSPS) is 16.9. The zero-order chi connectivity index (χ0) is 15.5. The van der Waals surface area contributed by atoms with Crippen LogP contribution in [0.3, 0.4) is 0 Å². The van der Waals surface area contributed by atoms with Gasteiger partial charge in [-0.25, -0.2) is 12.7 Å². The van der Waals surface area contributed by atoms with Gasteiger partial charge >= 0.3 is 0 Å². The van der Waals surface area contributed by atoms with Gasteiger partial charge in [0.1, 0.15) is 0 Å². The molecule has 0 saturated heterocycles. The van der Waals surface area contributed by atoms with E-state index in [9.17, 15) is 8.42 Å². The van der Waals surface area contributed by atoms with E-state index in [1.54, 1.807) is 26.1 Å². The van der Waals surface area contributed by atoms with Crippen LogP contribution in [0.4, 0.5) is 0 Å². The molecule has 0 N–H and O–H groups in total. The van der Waals surface area contributed by atoms with Gasteiger partial charge in [-0.05, 0) is 43.4 Å². The summed E-state index contributed by atoms with van der Waals surface area (Å²) in [5.41, 5.74) is 1.06. The lowest BCUT2D eigenvalue weighted by Gasteiger charge is -2.27. The quantitative estimate of drug-likeness (QED) is 0.859. The van der Waals surface area contributed by atoms with Crippen molar-refractivity contribution in [1.29, 1.82) is 5.26 Å². The molecule has 0 unspecified atom stereocenters. The molecule has 1 fully saturated rings. The number of rotatable bonds is 4. The van der Waals surface area contributed by atoms with Gasteiger partial charge < -0.3 is 0 Å². The molecule has 5 heteroatoms. The van der Waals surface area contributed by atoms with Crippen molar-refractivity contribution < 1.29 is 8.42 Å². The van der Waals surface area contributed by atoms with Crippen molar-refractivity contribution in [2.24, 2.45) is 5.92 Å². The first-order valence-corrected chi connectivity index (χ1v) is 8.86. The highest BCUT2D eigenvalue weighted by Crippen LogP contribution is 2.27. The Bertz CT molecular complexity index is 641. The van der Waals surface area contributed by atoms with Gasteiger partial charge in [0.05, 0.1) is 16.5 Å². The highest BCUT2D eigenvalue weighted by atomic mass is 32.2. The summed E-state index contributed by atoms with van der Waals surface area (Å²) < 4.78 is 26.9. The molecule has 0 spiro atoms. The highest BCUT2D eigenvalue weighted by molar-refractivity contribution is 7.89. The summed E-state index contributed by atoms with van der Waals surface area (Å²) in [6.07, 6.45) is 5.87. The van der Waals surface area contributed by atoms with Crippen LogP contribution in [-0.4, -0.2) is 26.3 Å². The lowest BCUT2D eigenvalue weighted by molar-refractivity contribution is 0.300. The van der Waals surface area contributed by atoms with Gasteiger partial charge in [0.25, 0.3) is 0 Å². The molecule has 21 heavy (non-hydrogen) atoms. The second kappa shape index (κ2) is 6.59. The summed E-state index contributed by atoms with van der Waals surface area (Å²) in [5, 5.41) is 8.96. The molecule has 0 heterocycles. The molecule has 0 aliphatic heterocycles. The topological polar surface area (TPSA) is 61.2 Å². The Hall–Kier alpha value is -1.38. The van der Waals surface area contributed by atoms with Crippen molar-refractivity contribution in [2.75, 3.05) is 13.6 Å². The van der Waals surface area contributed by atoms with Crippen LogP contribution in [0.25, 0.3) is 0 Å². The molecule has 0 bridgehead atoms. The van der Waals surface area contributed by atoms with E-state index in [4.69, 9.17) is 5.26 Å². The number of hydrogen-bond acceptors (Lipinski definition) is 3. The summed E-state index contributed by atoms with van der Waals surface area (Å²) in [6.45, 7) is 2.33. The zero-order valence-corrected chi connectivity index (χ0v) is 13.5. The predicted molar refractivity (Wildman–Crippen MR) is 82.3 cm³/mol. The van der Waals surface area contributed by atoms with Gasteiger partial charge in [0.15, 0.2) is 0 Å². The van der Waals surface area contributed by atoms with Crippen molar-refractivity contribution >= 4 is 10.0 Å². The molecule has 0 amide bonds. The van der Waals surface area contributed by atoms with Gasteiger partial charge in [-0.1, -0.05) is 25.3 Å². The summed E-state index contributed by atoms with van der Waals surface area (Å²) >= 11 is 0. The maximum Gasteiger partial charge on any atom is 0.243 e. The standard InChI is InChI=1S/C16H22N2O2S/c1-13-8-9-15(11-17)10-16(13)21(19,20)18(2)12-14-6-4-3-5-7-14/h8-10,14H,3-7,12H2,1-2H3. The van der Waals surface area contributed by atoms with Gasteiger partial charge in [-0.15, -0.1) is 0 Å². The number of benzene rings is 1. The minimum Gasteiger partial charge on any atom is -0.207 e. The summed E-state index contributed by atoms with van der Waals surface area (Å²) in [5.74, 6) is 0.456. The van der Waals surface area contributed by atoms with Crippen molar-refractivity contribution in [3.63, 3.8) is 0 Å². The first-order chi connectivity index (χ1) is 9.95. The van der Waals surface area contributed by atoms with Crippen molar-refractivity contribution in [3.05, 3.63) is 29.3 Å². The maximum atomic E-state index is 12.7. The van der Waals surface area contributed by atoms with Crippen molar-refractivity contribution in [1.82, 2.24) is 4.31 Å². The number of nitrogens with zero attached hydrogens (tertiary/aromatic N) is 2. The van der Waals surface area contributed by atoms with E-state index >= 15 is 0 Å². The molecule has 114 valence electrons. The van der Waals surface area contributed by atoms with Crippen LogP contribution in [0.15, 0.2) is 23.1 Å². The van der Waals surface area contributed by atoms with E-state index in [2.05, 4.69) is 0 Å². The first kappa shape index (κ1) is 16.0. The Morgan fingerprint density at radius 2 is 1.95 bits per heavy atom. The molecule has 4 nitrogen and oxygen atoms in total. The van der Waals surface area contributed by atoms with Crippen LogP contribution < -0.4 is 0 Å². The summed E-state index contributed by atoms with van der Waals surface area (Å²) in [7, 11) is -1.88. The molecular weight excluding hydrogens is 284 g/mol. The lowest BCUT2D eigenvalue weighted by Crippen LogP contribution is -2.33. The van der Waals surface area contributed by atoms with E-state index in [1.807, 2.05) is 6.07 Å². The van der Waals surface area contributed by atoms with Gasteiger partial charge in [0.2, 0.25) is 10.0 Å². The third kappa shape index (κ3) is 3.63. The van der Waals surface area contributed by atoms with E-state index in [0.717, 1.165) is 12.8 Å². The lowest BCUT2D eigenvalue weighted by atomic mass is 9.89. The van der Waals surface area contributed by atoms with E-state index in [0.29, 0.717) is 23.6 Å². The Kier molecular flexibility index (Phi) is 5.02. The van der Waals surface area contributed by atoms with Crippen LogP contribution in [0, 0.1) is 24.2 Å². The minimum atomic E-state index is -3.52. The second-order valence-corrected chi connectivity index (χ2v) is 7.89. The zero-order valence-electron chi connectivity index (χ0n) is 12.7. The second-order valence-electron chi connectivity index (χ2n) is 5.88. The van der Waals surface area contributed by atoms with Crippen LogP contribution in [-0.2, 0) is 10.0 Å². The fourth-order valence-corrected chi connectivity index (χ4v) is 4.44. The fourth-order valence-electron chi connectivity index (χ4n) is 2.95. The minimum absolute atomic E-state index is 0.250. The average Bonchev–Trinajstić information content (AvgIpc) is 2.48. The number of hydrogen-bond donors (Lipinski definition) is 0. The molecule has 0 atom stereocenters. The molecule has 1 aliphatic rings. The largest absolute Gasteiger partial charge is 0.243 e. The number of sulfonamides is 1. The van der Waals surface area contributed by atoms with E-state index in [-0.39, 0.29) is 4.90 Å². The first-order valence-electron chi connectivity index (χ1n) is 7.42. The Labute approximate surface area is 127 Å². The van der Waals surface area contributed by atoms with Crippen LogP contribution in [0.5, 0.6) is 0 Å². The summed E-state index contributed by atoms with van der Waals surface area (Å²) in [6, 6.07) is 6.82. The smallest absolute Gasteiger partial charge is 0.207 e. The molecule has 1 saturated carbocycles. The third-order valence-corrected chi connectivity index (χ3v) is 6.21. The van der Waals surface area contributed by atoms with E-state index < -0.39 is 10.0 Å². The predicted octanol–water partition coefficient (Wildman–Crippen LogP) is 3.07. The molecule has 1 aromatic rings.